The average Bonchev–Trinajstić information content (AvgIpc) is 3.31. The van der Waals surface area contributed by atoms with Crippen molar-refractivity contribution < 1.29 is 19.8 Å². The first-order chi connectivity index (χ1) is 15.3. The van der Waals surface area contributed by atoms with Crippen molar-refractivity contribution in [1.82, 2.24) is 10.7 Å². The molecular formula is C22H17Br2N3O4S. The van der Waals surface area contributed by atoms with Crippen molar-refractivity contribution >= 4 is 67.3 Å². The maximum atomic E-state index is 12.8. The number of phenols is 2. The van der Waals surface area contributed by atoms with Crippen molar-refractivity contribution in [3.63, 3.8) is 0 Å². The van der Waals surface area contributed by atoms with E-state index in [4.69, 9.17) is 0 Å². The first-order valence-electron chi connectivity index (χ1n) is 9.14. The molecule has 0 fully saturated rings. The highest BCUT2D eigenvalue weighted by molar-refractivity contribution is 9.11. The molecule has 164 valence electrons. The van der Waals surface area contributed by atoms with Crippen LogP contribution in [0.25, 0.3) is 6.08 Å². The maximum absolute atomic E-state index is 12.8. The molecule has 0 atom stereocenters. The molecule has 1 heterocycles. The summed E-state index contributed by atoms with van der Waals surface area (Å²) in [6.45, 7) is 1.67. The van der Waals surface area contributed by atoms with Crippen molar-refractivity contribution in [2.24, 2.45) is 5.10 Å². The lowest BCUT2D eigenvalue weighted by Gasteiger charge is -2.11. The number of aromatic hydroxyl groups is 2. The number of carbonyl (C=O) groups excluding carboxylic acids is 2. The van der Waals surface area contributed by atoms with Crippen LogP contribution in [0.1, 0.15) is 26.4 Å². The van der Waals surface area contributed by atoms with Crippen LogP contribution in [0.3, 0.4) is 0 Å². The lowest BCUT2D eigenvalue weighted by molar-refractivity contribution is -0.117. The van der Waals surface area contributed by atoms with Crippen molar-refractivity contribution in [3.8, 4) is 11.5 Å². The monoisotopic (exact) mass is 577 g/mol. The lowest BCUT2D eigenvalue weighted by atomic mass is 10.1. The molecule has 3 rings (SSSR count). The van der Waals surface area contributed by atoms with Gasteiger partial charge in [-0.1, -0.05) is 24.3 Å². The number of benzene rings is 2. The third-order valence-corrected chi connectivity index (χ3v) is 6.87. The number of phenolic OH excluding ortho intramolecular Hbond substituents is 2. The van der Waals surface area contributed by atoms with Crippen molar-refractivity contribution in [1.29, 1.82) is 0 Å². The van der Waals surface area contributed by atoms with E-state index in [1.807, 2.05) is 17.5 Å². The summed E-state index contributed by atoms with van der Waals surface area (Å²) < 4.78 is 0.472. The second-order valence-corrected chi connectivity index (χ2v) is 9.02. The van der Waals surface area contributed by atoms with Crippen LogP contribution in [-0.4, -0.2) is 28.2 Å². The summed E-state index contributed by atoms with van der Waals surface area (Å²) in [5.74, 6) is -1.46. The third kappa shape index (κ3) is 5.45. The minimum atomic E-state index is -0.645. The predicted octanol–water partition coefficient (Wildman–Crippen LogP) is 4.91. The summed E-state index contributed by atoms with van der Waals surface area (Å²) in [5.41, 5.74) is 3.58. The molecule has 0 saturated heterocycles. The fourth-order valence-corrected chi connectivity index (χ4v) is 4.38. The molecule has 2 aromatic carbocycles. The number of hydrazone groups is 1. The Morgan fingerprint density at radius 3 is 2.41 bits per heavy atom. The Bertz CT molecular complexity index is 1180. The fraction of sp³-hybridized carbons (Fsp3) is 0.0455. The van der Waals surface area contributed by atoms with Gasteiger partial charge in [0, 0.05) is 16.0 Å². The van der Waals surface area contributed by atoms with E-state index in [1.54, 1.807) is 43.3 Å². The van der Waals surface area contributed by atoms with Crippen molar-refractivity contribution in [3.05, 3.63) is 84.1 Å². The highest BCUT2D eigenvalue weighted by Crippen LogP contribution is 2.43. The lowest BCUT2D eigenvalue weighted by Crippen LogP contribution is -2.32. The standard InChI is InChI=1S/C22H17Br2N3O4S/c1-12-15(19(28)18(24)20(29)17(12)23)11-25-27-22(31)16(10-14-8-5-9-32-14)26-21(30)13-6-3-2-4-7-13/h2-11,28-29H,1H3,(H,26,30)(H,27,31)/b16-10-,25-11-. The number of halogens is 2. The summed E-state index contributed by atoms with van der Waals surface area (Å²) >= 11 is 7.76. The van der Waals surface area contributed by atoms with Gasteiger partial charge in [-0.2, -0.15) is 5.10 Å². The third-order valence-electron chi connectivity index (χ3n) is 4.33. The average molecular weight is 579 g/mol. The van der Waals surface area contributed by atoms with Crippen molar-refractivity contribution in [2.75, 3.05) is 0 Å². The molecule has 0 aliphatic heterocycles. The van der Waals surface area contributed by atoms with Gasteiger partial charge in [-0.05, 0) is 74.0 Å². The fourth-order valence-electron chi connectivity index (χ4n) is 2.63. The first kappa shape index (κ1) is 23.7. The van der Waals surface area contributed by atoms with E-state index < -0.39 is 11.8 Å². The highest BCUT2D eigenvalue weighted by atomic mass is 79.9. The minimum absolute atomic E-state index is 0.00691. The van der Waals surface area contributed by atoms with Gasteiger partial charge in [0.15, 0.2) is 0 Å². The quantitative estimate of drug-likeness (QED) is 0.189. The number of thiophene rings is 1. The smallest absolute Gasteiger partial charge is 0.287 e. The van der Waals surface area contributed by atoms with E-state index in [1.165, 1.54) is 17.6 Å². The molecule has 2 amide bonds. The van der Waals surface area contributed by atoms with Crippen LogP contribution < -0.4 is 10.7 Å². The second-order valence-electron chi connectivity index (χ2n) is 6.46. The zero-order chi connectivity index (χ0) is 23.3. The second kappa shape index (κ2) is 10.6. The molecule has 0 saturated carbocycles. The first-order valence-corrected chi connectivity index (χ1v) is 11.6. The van der Waals surface area contributed by atoms with Gasteiger partial charge in [0.1, 0.15) is 21.7 Å². The zero-order valence-electron chi connectivity index (χ0n) is 16.6. The maximum Gasteiger partial charge on any atom is 0.287 e. The Kier molecular flexibility index (Phi) is 7.84. The van der Waals surface area contributed by atoms with Crippen LogP contribution >= 0.6 is 43.2 Å². The number of hydrogen-bond donors (Lipinski definition) is 4. The van der Waals surface area contributed by atoms with Crippen LogP contribution in [0.15, 0.2) is 67.6 Å². The molecule has 7 nitrogen and oxygen atoms in total. The Morgan fingerprint density at radius 2 is 1.75 bits per heavy atom. The molecule has 0 unspecified atom stereocenters. The summed E-state index contributed by atoms with van der Waals surface area (Å²) in [5, 5.41) is 28.6. The van der Waals surface area contributed by atoms with Gasteiger partial charge >= 0.3 is 0 Å². The van der Waals surface area contributed by atoms with Gasteiger partial charge in [-0.25, -0.2) is 5.43 Å². The van der Waals surface area contributed by atoms with Gasteiger partial charge in [0.25, 0.3) is 11.8 Å². The number of nitrogens with one attached hydrogen (secondary N) is 2. The molecule has 10 heteroatoms. The van der Waals surface area contributed by atoms with E-state index in [0.717, 1.165) is 4.88 Å². The van der Waals surface area contributed by atoms with Gasteiger partial charge in [-0.15, -0.1) is 11.3 Å². The van der Waals surface area contributed by atoms with Crippen LogP contribution in [0.4, 0.5) is 0 Å². The van der Waals surface area contributed by atoms with E-state index in [9.17, 15) is 19.8 Å². The largest absolute Gasteiger partial charge is 0.506 e. The zero-order valence-corrected chi connectivity index (χ0v) is 20.6. The van der Waals surface area contributed by atoms with Gasteiger partial charge in [0.05, 0.1) is 10.7 Å². The predicted molar refractivity (Wildman–Crippen MR) is 132 cm³/mol. The summed E-state index contributed by atoms with van der Waals surface area (Å²) in [7, 11) is 0. The number of nitrogens with zero attached hydrogens (tertiary/aromatic N) is 1. The van der Waals surface area contributed by atoms with Crippen molar-refractivity contribution in [2.45, 2.75) is 6.92 Å². The van der Waals surface area contributed by atoms with E-state index in [2.05, 4.69) is 47.7 Å². The highest BCUT2D eigenvalue weighted by Gasteiger charge is 2.18. The topological polar surface area (TPSA) is 111 Å². The molecule has 4 N–H and O–H groups in total. The molecule has 3 aromatic rings. The Balaban J connectivity index is 1.83. The van der Waals surface area contributed by atoms with Gasteiger partial charge in [0.2, 0.25) is 0 Å². The minimum Gasteiger partial charge on any atom is -0.506 e. The Morgan fingerprint density at radius 1 is 1.03 bits per heavy atom. The molecule has 0 aliphatic carbocycles. The van der Waals surface area contributed by atoms with E-state index in [0.29, 0.717) is 21.2 Å². The van der Waals surface area contributed by atoms with Gasteiger partial charge < -0.3 is 15.5 Å². The number of amides is 2. The summed E-state index contributed by atoms with van der Waals surface area (Å²) in [4.78, 5) is 26.1. The Labute approximate surface area is 204 Å². The molecule has 0 bridgehead atoms. The Hall–Kier alpha value is -2.95. The molecule has 0 spiro atoms. The van der Waals surface area contributed by atoms with Crippen LogP contribution in [0, 0.1) is 6.92 Å². The summed E-state index contributed by atoms with van der Waals surface area (Å²) in [6, 6.07) is 12.2. The van der Waals surface area contributed by atoms with Crippen LogP contribution in [0.2, 0.25) is 0 Å². The number of hydrogen-bond acceptors (Lipinski definition) is 6. The molecule has 0 aliphatic rings. The van der Waals surface area contributed by atoms with Gasteiger partial charge in [-0.3, -0.25) is 9.59 Å². The number of rotatable bonds is 6. The molecule has 32 heavy (non-hydrogen) atoms. The molecule has 1 aromatic heterocycles. The van der Waals surface area contributed by atoms with Crippen LogP contribution in [-0.2, 0) is 4.79 Å². The normalized spacial score (nSPS) is 11.5. The molecule has 0 radical (unpaired) electrons. The van der Waals surface area contributed by atoms with E-state index >= 15 is 0 Å². The van der Waals surface area contributed by atoms with Crippen LogP contribution in [0.5, 0.6) is 11.5 Å². The SMILES string of the molecule is Cc1c(Br)c(O)c(Br)c(O)c1/C=N\NC(=O)/C(=C/c1cccs1)NC(=O)c1ccccc1. The van der Waals surface area contributed by atoms with E-state index in [-0.39, 0.29) is 21.7 Å². The summed E-state index contributed by atoms with van der Waals surface area (Å²) in [6.07, 6.45) is 2.80. The molecular weight excluding hydrogens is 562 g/mol. The number of carbonyl (C=O) groups is 2.